The van der Waals surface area contributed by atoms with E-state index >= 15 is 0 Å². The molecule has 2 rings (SSSR count). The van der Waals surface area contributed by atoms with Gasteiger partial charge in [0.2, 0.25) is 11.8 Å². The van der Waals surface area contributed by atoms with Gasteiger partial charge >= 0.3 is 0 Å². The normalized spacial score (nSPS) is 22.1. The van der Waals surface area contributed by atoms with Crippen molar-refractivity contribution in [1.82, 2.24) is 10.6 Å². The summed E-state index contributed by atoms with van der Waals surface area (Å²) < 4.78 is 13.3. The van der Waals surface area contributed by atoms with E-state index < -0.39 is 17.5 Å². The summed E-state index contributed by atoms with van der Waals surface area (Å²) >= 11 is 0. The summed E-state index contributed by atoms with van der Waals surface area (Å²) in [6.45, 7) is 1.77. The van der Waals surface area contributed by atoms with E-state index in [4.69, 9.17) is 5.11 Å². The van der Waals surface area contributed by atoms with Crippen LogP contribution in [0.5, 0.6) is 5.75 Å². The minimum atomic E-state index is -0.740. The fourth-order valence-corrected chi connectivity index (χ4v) is 2.18. The largest absolute Gasteiger partial charge is 0.505 e. The number of phenols is 1. The molecule has 0 radical (unpaired) electrons. The van der Waals surface area contributed by atoms with Crippen LogP contribution in [0.1, 0.15) is 24.8 Å². The second kappa shape index (κ2) is 5.26. The van der Waals surface area contributed by atoms with Crippen molar-refractivity contribution in [2.45, 2.75) is 25.3 Å². The maximum atomic E-state index is 13.3. The number of halogens is 1. The lowest BCUT2D eigenvalue weighted by molar-refractivity contribution is -0.121. The van der Waals surface area contributed by atoms with Gasteiger partial charge in [0, 0.05) is 19.5 Å². The molecule has 2 atom stereocenters. The molecule has 0 saturated carbocycles. The first-order valence-corrected chi connectivity index (χ1v) is 6.00. The average Bonchev–Trinajstić information content (AvgIpc) is 2.72. The number of hydrogen-bond acceptors (Lipinski definition) is 3. The highest BCUT2D eigenvalue weighted by Crippen LogP contribution is 2.29. The highest BCUT2D eigenvalue weighted by Gasteiger charge is 2.33. The number of phenolic OH excluding ortho intramolecular Hbond substituents is 1. The molecular formula is C13H15FN2O3. The van der Waals surface area contributed by atoms with Crippen molar-refractivity contribution in [2.24, 2.45) is 0 Å². The molecule has 1 fully saturated rings. The van der Waals surface area contributed by atoms with Crippen LogP contribution in [0.4, 0.5) is 4.39 Å². The van der Waals surface area contributed by atoms with Crippen LogP contribution in [0.3, 0.4) is 0 Å². The third kappa shape index (κ3) is 3.01. The highest BCUT2D eigenvalue weighted by atomic mass is 19.1. The summed E-state index contributed by atoms with van der Waals surface area (Å²) in [5, 5.41) is 14.5. The second-order valence-corrected chi connectivity index (χ2v) is 4.64. The van der Waals surface area contributed by atoms with Crippen LogP contribution in [0.15, 0.2) is 18.2 Å². The molecule has 1 aromatic carbocycles. The number of carbonyl (C=O) groups excluding carboxylic acids is 2. The van der Waals surface area contributed by atoms with Crippen molar-refractivity contribution in [3.05, 3.63) is 29.6 Å². The van der Waals surface area contributed by atoms with E-state index in [9.17, 15) is 14.0 Å². The molecule has 6 heteroatoms. The van der Waals surface area contributed by atoms with Crippen molar-refractivity contribution in [3.63, 3.8) is 0 Å². The standard InChI is InChI=1S/C13H15FN2O3/c1-7(17)15-6-9-5-10(13(19)16-9)8-2-3-12(18)11(14)4-8/h2-4,9-10,18H,5-6H2,1H3,(H,15,17)(H,16,19)/t9-,10?/m0/s1. The van der Waals surface area contributed by atoms with Gasteiger partial charge in [-0.3, -0.25) is 9.59 Å². The first-order valence-electron chi connectivity index (χ1n) is 6.00. The minimum Gasteiger partial charge on any atom is -0.505 e. The summed E-state index contributed by atoms with van der Waals surface area (Å²) in [5.74, 6) is -1.98. The maximum absolute atomic E-state index is 13.3. The molecule has 102 valence electrons. The van der Waals surface area contributed by atoms with Gasteiger partial charge in [0.15, 0.2) is 11.6 Å². The van der Waals surface area contributed by atoms with Crippen molar-refractivity contribution in [3.8, 4) is 5.75 Å². The number of carbonyl (C=O) groups is 2. The van der Waals surface area contributed by atoms with Crippen LogP contribution in [0.25, 0.3) is 0 Å². The zero-order valence-electron chi connectivity index (χ0n) is 10.4. The molecule has 1 heterocycles. The highest BCUT2D eigenvalue weighted by molar-refractivity contribution is 5.86. The Morgan fingerprint density at radius 1 is 1.58 bits per heavy atom. The van der Waals surface area contributed by atoms with Crippen LogP contribution in [0, 0.1) is 5.82 Å². The van der Waals surface area contributed by atoms with Gasteiger partial charge in [-0.15, -0.1) is 0 Å². The molecule has 3 N–H and O–H groups in total. The third-order valence-electron chi connectivity index (χ3n) is 3.15. The molecule has 0 aromatic heterocycles. The van der Waals surface area contributed by atoms with Crippen molar-refractivity contribution in [1.29, 1.82) is 0 Å². The Morgan fingerprint density at radius 3 is 2.95 bits per heavy atom. The lowest BCUT2D eigenvalue weighted by atomic mass is 9.95. The number of aromatic hydroxyl groups is 1. The average molecular weight is 266 g/mol. The Hall–Kier alpha value is -2.11. The van der Waals surface area contributed by atoms with Gasteiger partial charge in [0.25, 0.3) is 0 Å². The van der Waals surface area contributed by atoms with Crippen LogP contribution in [-0.2, 0) is 9.59 Å². The predicted molar refractivity (Wildman–Crippen MR) is 66.0 cm³/mol. The Bertz CT molecular complexity index is 519. The molecule has 2 amide bonds. The summed E-state index contributed by atoms with van der Waals surface area (Å²) in [4.78, 5) is 22.6. The van der Waals surface area contributed by atoms with E-state index in [0.29, 0.717) is 18.5 Å². The quantitative estimate of drug-likeness (QED) is 0.751. The van der Waals surface area contributed by atoms with Crippen LogP contribution >= 0.6 is 0 Å². The summed E-state index contributed by atoms with van der Waals surface area (Å²) in [7, 11) is 0. The van der Waals surface area contributed by atoms with Gasteiger partial charge in [0.05, 0.1) is 5.92 Å². The first kappa shape index (κ1) is 13.3. The smallest absolute Gasteiger partial charge is 0.227 e. The van der Waals surface area contributed by atoms with E-state index in [2.05, 4.69) is 10.6 Å². The number of nitrogens with one attached hydrogen (secondary N) is 2. The number of hydrogen-bond donors (Lipinski definition) is 3. The van der Waals surface area contributed by atoms with Crippen LogP contribution in [-0.4, -0.2) is 29.5 Å². The van der Waals surface area contributed by atoms with Crippen LogP contribution in [0.2, 0.25) is 0 Å². The molecule has 1 aliphatic rings. The molecule has 1 unspecified atom stereocenters. The molecule has 1 saturated heterocycles. The van der Waals surface area contributed by atoms with Gasteiger partial charge in [-0.1, -0.05) is 6.07 Å². The zero-order valence-corrected chi connectivity index (χ0v) is 10.4. The fourth-order valence-electron chi connectivity index (χ4n) is 2.18. The Labute approximate surface area is 109 Å². The monoisotopic (exact) mass is 266 g/mol. The molecular weight excluding hydrogens is 251 g/mol. The van der Waals surface area contributed by atoms with Crippen molar-refractivity contribution < 1.29 is 19.1 Å². The van der Waals surface area contributed by atoms with Crippen molar-refractivity contribution >= 4 is 11.8 Å². The lowest BCUT2D eigenvalue weighted by Crippen LogP contribution is -2.37. The molecule has 1 aromatic rings. The number of rotatable bonds is 3. The molecule has 0 aliphatic carbocycles. The van der Waals surface area contributed by atoms with Gasteiger partial charge in [-0.05, 0) is 24.1 Å². The molecule has 5 nitrogen and oxygen atoms in total. The van der Waals surface area contributed by atoms with E-state index in [1.165, 1.54) is 25.1 Å². The van der Waals surface area contributed by atoms with Gasteiger partial charge in [-0.25, -0.2) is 4.39 Å². The van der Waals surface area contributed by atoms with Crippen molar-refractivity contribution in [2.75, 3.05) is 6.54 Å². The number of benzene rings is 1. The third-order valence-corrected chi connectivity index (χ3v) is 3.15. The first-order chi connectivity index (χ1) is 8.97. The second-order valence-electron chi connectivity index (χ2n) is 4.64. The topological polar surface area (TPSA) is 78.4 Å². The van der Waals surface area contributed by atoms with Crippen LogP contribution < -0.4 is 10.6 Å². The Kier molecular flexibility index (Phi) is 3.69. The van der Waals surface area contributed by atoms with E-state index in [-0.39, 0.29) is 17.9 Å². The van der Waals surface area contributed by atoms with Gasteiger partial charge in [-0.2, -0.15) is 0 Å². The fraction of sp³-hybridized carbons (Fsp3) is 0.385. The SMILES string of the molecule is CC(=O)NC[C@@H]1CC(c2ccc(O)c(F)c2)C(=O)N1. The zero-order chi connectivity index (χ0) is 14.0. The van der Waals surface area contributed by atoms with Gasteiger partial charge in [0.1, 0.15) is 0 Å². The Balaban J connectivity index is 2.07. The molecule has 0 spiro atoms. The Morgan fingerprint density at radius 2 is 2.32 bits per heavy atom. The van der Waals surface area contributed by atoms with E-state index in [1.807, 2.05) is 0 Å². The summed E-state index contributed by atoms with van der Waals surface area (Å²) in [6.07, 6.45) is 0.489. The minimum absolute atomic E-state index is 0.154. The van der Waals surface area contributed by atoms with E-state index in [0.717, 1.165) is 0 Å². The maximum Gasteiger partial charge on any atom is 0.227 e. The van der Waals surface area contributed by atoms with Gasteiger partial charge < -0.3 is 15.7 Å². The van der Waals surface area contributed by atoms with E-state index in [1.54, 1.807) is 0 Å². The molecule has 19 heavy (non-hydrogen) atoms. The predicted octanol–water partition coefficient (Wildman–Crippen LogP) is 0.640. The molecule has 0 bridgehead atoms. The summed E-state index contributed by atoms with van der Waals surface area (Å²) in [6, 6.07) is 3.78. The summed E-state index contributed by atoms with van der Waals surface area (Å²) in [5.41, 5.74) is 0.526. The molecule has 1 aliphatic heterocycles. The lowest BCUT2D eigenvalue weighted by Gasteiger charge is -2.10. The number of amides is 2.